The van der Waals surface area contributed by atoms with Crippen LogP contribution in [0, 0.1) is 0 Å². The average Bonchev–Trinajstić information content (AvgIpc) is 2.91. The van der Waals surface area contributed by atoms with Gasteiger partial charge in [0.05, 0.1) is 23.9 Å². The molecule has 0 radical (unpaired) electrons. The summed E-state index contributed by atoms with van der Waals surface area (Å²) in [5.74, 6) is -0.0843. The van der Waals surface area contributed by atoms with Crippen molar-refractivity contribution < 1.29 is 4.79 Å². The second kappa shape index (κ2) is 4.84. The molecule has 0 aromatic carbocycles. The topological polar surface area (TPSA) is 59.8 Å². The van der Waals surface area contributed by atoms with Gasteiger partial charge in [-0.1, -0.05) is 0 Å². The number of hydrogen-bond donors (Lipinski definition) is 1. The van der Waals surface area contributed by atoms with E-state index < -0.39 is 0 Å². The molecule has 1 N–H and O–H groups in total. The van der Waals surface area contributed by atoms with E-state index in [9.17, 15) is 4.79 Å². The van der Waals surface area contributed by atoms with E-state index in [2.05, 4.69) is 15.3 Å². The lowest BCUT2D eigenvalue weighted by Gasteiger charge is -2.21. The van der Waals surface area contributed by atoms with Crippen LogP contribution in [0.5, 0.6) is 0 Å². The number of nitrogens with one attached hydrogen (secondary N) is 1. The predicted molar refractivity (Wildman–Crippen MR) is 72.3 cm³/mol. The van der Waals surface area contributed by atoms with Crippen molar-refractivity contribution in [1.82, 2.24) is 14.5 Å². The van der Waals surface area contributed by atoms with Gasteiger partial charge in [-0.15, -0.1) is 0 Å². The number of imidazole rings is 1. The van der Waals surface area contributed by atoms with Gasteiger partial charge in [0.25, 0.3) is 0 Å². The fraction of sp³-hybridized carbons (Fsp3) is 0.357. The molecule has 3 rings (SSSR count). The lowest BCUT2D eigenvalue weighted by molar-refractivity contribution is -0.114. The van der Waals surface area contributed by atoms with Crippen LogP contribution >= 0.6 is 0 Å². The monoisotopic (exact) mass is 256 g/mol. The molecule has 5 heteroatoms. The van der Waals surface area contributed by atoms with Crippen LogP contribution in [0.25, 0.3) is 5.69 Å². The second-order valence-electron chi connectivity index (χ2n) is 4.80. The minimum absolute atomic E-state index is 0.0843. The Morgan fingerprint density at radius 2 is 2.21 bits per heavy atom. The first kappa shape index (κ1) is 11.9. The number of rotatable bonds is 2. The van der Waals surface area contributed by atoms with E-state index in [1.807, 2.05) is 10.8 Å². The Morgan fingerprint density at radius 3 is 2.95 bits per heavy atom. The molecule has 0 saturated carbocycles. The summed E-state index contributed by atoms with van der Waals surface area (Å²) in [7, 11) is 0. The number of aromatic nitrogens is 3. The number of fused-ring (bicyclic) bond motifs is 1. The lowest BCUT2D eigenvalue weighted by atomic mass is 9.94. The highest BCUT2D eigenvalue weighted by Crippen LogP contribution is 2.31. The first-order valence-corrected chi connectivity index (χ1v) is 6.52. The number of pyridine rings is 1. The van der Waals surface area contributed by atoms with Crippen LogP contribution in [-0.4, -0.2) is 20.4 Å². The molecule has 2 aromatic heterocycles. The molecule has 0 fully saturated rings. The second-order valence-corrected chi connectivity index (χ2v) is 4.80. The zero-order valence-electron chi connectivity index (χ0n) is 10.9. The third kappa shape index (κ3) is 2.23. The number of nitrogens with zero attached hydrogens (tertiary/aromatic N) is 3. The molecule has 0 aliphatic heterocycles. The molecule has 2 heterocycles. The van der Waals surface area contributed by atoms with Gasteiger partial charge in [0, 0.05) is 25.0 Å². The highest BCUT2D eigenvalue weighted by atomic mass is 16.1. The van der Waals surface area contributed by atoms with Gasteiger partial charge in [-0.2, -0.15) is 0 Å². The van der Waals surface area contributed by atoms with Crippen molar-refractivity contribution in [2.24, 2.45) is 0 Å². The molecule has 1 aliphatic rings. The van der Waals surface area contributed by atoms with Gasteiger partial charge in [0.15, 0.2) is 0 Å². The molecule has 0 spiro atoms. The smallest absolute Gasteiger partial charge is 0.221 e. The van der Waals surface area contributed by atoms with E-state index in [4.69, 9.17) is 0 Å². The first-order chi connectivity index (χ1) is 9.25. The van der Waals surface area contributed by atoms with E-state index in [-0.39, 0.29) is 5.91 Å². The quantitative estimate of drug-likeness (QED) is 0.895. The van der Waals surface area contributed by atoms with Crippen LogP contribution in [-0.2, 0) is 17.6 Å². The maximum atomic E-state index is 11.3. The van der Waals surface area contributed by atoms with Crippen LogP contribution in [0.2, 0.25) is 0 Å². The lowest BCUT2D eigenvalue weighted by Crippen LogP contribution is -2.15. The summed E-state index contributed by atoms with van der Waals surface area (Å²) in [4.78, 5) is 19.9. The van der Waals surface area contributed by atoms with Crippen LogP contribution < -0.4 is 5.32 Å². The van der Waals surface area contributed by atoms with Crippen LogP contribution in [0.4, 0.5) is 5.69 Å². The van der Waals surface area contributed by atoms with Gasteiger partial charge in [-0.25, -0.2) is 4.98 Å². The Balaban J connectivity index is 2.17. The van der Waals surface area contributed by atoms with Gasteiger partial charge >= 0.3 is 0 Å². The number of carbonyl (C=O) groups excluding carboxylic acids is 1. The summed E-state index contributed by atoms with van der Waals surface area (Å²) in [6, 6.07) is 0. The van der Waals surface area contributed by atoms with Gasteiger partial charge in [-0.3, -0.25) is 9.78 Å². The van der Waals surface area contributed by atoms with E-state index in [1.165, 1.54) is 25.3 Å². The van der Waals surface area contributed by atoms with Crippen molar-refractivity contribution in [2.75, 3.05) is 5.32 Å². The molecule has 5 nitrogen and oxygen atoms in total. The zero-order chi connectivity index (χ0) is 13.2. The summed E-state index contributed by atoms with van der Waals surface area (Å²) in [5.41, 5.74) is 4.14. The van der Waals surface area contributed by atoms with E-state index >= 15 is 0 Å². The molecule has 0 unspecified atom stereocenters. The SMILES string of the molecule is CC(=O)Nc1cnc2c(c1-n1ccnc1)CCCC2. The van der Waals surface area contributed by atoms with Gasteiger partial charge in [0.1, 0.15) is 0 Å². The van der Waals surface area contributed by atoms with Gasteiger partial charge in [0.2, 0.25) is 5.91 Å². The fourth-order valence-electron chi connectivity index (χ4n) is 2.62. The fourth-order valence-corrected chi connectivity index (χ4v) is 2.62. The summed E-state index contributed by atoms with van der Waals surface area (Å²) in [5, 5.41) is 2.86. The Morgan fingerprint density at radius 1 is 1.37 bits per heavy atom. The molecular weight excluding hydrogens is 240 g/mol. The van der Waals surface area contributed by atoms with Crippen LogP contribution in [0.3, 0.4) is 0 Å². The standard InChI is InChI=1S/C14H16N4O/c1-10(19)17-13-8-16-12-5-3-2-4-11(12)14(13)18-7-6-15-9-18/h6-9H,2-5H2,1H3,(H,17,19). The summed E-state index contributed by atoms with van der Waals surface area (Å²) < 4.78 is 1.96. The number of amides is 1. The molecule has 0 saturated heterocycles. The first-order valence-electron chi connectivity index (χ1n) is 6.52. The normalized spacial score (nSPS) is 13.9. The van der Waals surface area contributed by atoms with Crippen molar-refractivity contribution in [3.8, 4) is 5.69 Å². The maximum Gasteiger partial charge on any atom is 0.221 e. The Labute approximate surface area is 111 Å². The van der Waals surface area contributed by atoms with E-state index in [0.717, 1.165) is 29.9 Å². The number of hydrogen-bond acceptors (Lipinski definition) is 3. The molecule has 0 bridgehead atoms. The zero-order valence-corrected chi connectivity index (χ0v) is 10.9. The third-order valence-corrected chi connectivity index (χ3v) is 3.40. The molecule has 1 aliphatic carbocycles. The van der Waals surface area contributed by atoms with Crippen molar-refractivity contribution in [1.29, 1.82) is 0 Å². The number of carbonyl (C=O) groups is 1. The molecule has 2 aromatic rings. The molecule has 98 valence electrons. The van der Waals surface area contributed by atoms with Crippen molar-refractivity contribution in [3.63, 3.8) is 0 Å². The minimum Gasteiger partial charge on any atom is -0.323 e. The van der Waals surface area contributed by atoms with Crippen LogP contribution in [0.15, 0.2) is 24.9 Å². The molecule has 19 heavy (non-hydrogen) atoms. The Hall–Kier alpha value is -2.17. The van der Waals surface area contributed by atoms with E-state index in [1.54, 1.807) is 18.7 Å². The Bertz CT molecular complexity index is 604. The van der Waals surface area contributed by atoms with E-state index in [0.29, 0.717) is 0 Å². The number of aryl methyl sites for hydroxylation is 1. The minimum atomic E-state index is -0.0843. The summed E-state index contributed by atoms with van der Waals surface area (Å²) in [6.07, 6.45) is 11.5. The highest BCUT2D eigenvalue weighted by Gasteiger charge is 2.19. The predicted octanol–water partition coefficient (Wildman–Crippen LogP) is 2.10. The molecular formula is C14H16N4O. The highest BCUT2D eigenvalue weighted by molar-refractivity contribution is 5.91. The number of anilines is 1. The maximum absolute atomic E-state index is 11.3. The largest absolute Gasteiger partial charge is 0.323 e. The van der Waals surface area contributed by atoms with Crippen molar-refractivity contribution in [2.45, 2.75) is 32.6 Å². The van der Waals surface area contributed by atoms with Crippen molar-refractivity contribution in [3.05, 3.63) is 36.2 Å². The van der Waals surface area contributed by atoms with Crippen LogP contribution in [0.1, 0.15) is 31.0 Å². The van der Waals surface area contributed by atoms with Gasteiger partial charge < -0.3 is 9.88 Å². The van der Waals surface area contributed by atoms with Crippen molar-refractivity contribution >= 4 is 11.6 Å². The third-order valence-electron chi connectivity index (χ3n) is 3.40. The summed E-state index contributed by atoms with van der Waals surface area (Å²) in [6.45, 7) is 1.51. The molecule has 1 amide bonds. The average molecular weight is 256 g/mol. The van der Waals surface area contributed by atoms with Gasteiger partial charge in [-0.05, 0) is 31.2 Å². The molecule has 0 atom stereocenters. The Kier molecular flexibility index (Phi) is 3.03. The summed E-state index contributed by atoms with van der Waals surface area (Å²) >= 11 is 0.